The first-order chi connectivity index (χ1) is 21.1. The number of carbonyl (C=O) groups excluding carboxylic acids is 1. The van der Waals surface area contributed by atoms with Crippen molar-refractivity contribution in [2.75, 3.05) is 44.6 Å². The van der Waals surface area contributed by atoms with Crippen LogP contribution in [0.15, 0.2) is 59.7 Å². The molecule has 0 bridgehead atoms. The lowest BCUT2D eigenvalue weighted by atomic mass is 9.93. The van der Waals surface area contributed by atoms with E-state index in [9.17, 15) is 18.0 Å². The molecule has 0 spiro atoms. The molecule has 0 aliphatic carbocycles. The van der Waals surface area contributed by atoms with Gasteiger partial charge in [0.15, 0.2) is 0 Å². The number of aliphatic imine (C=N–C) groups is 1. The summed E-state index contributed by atoms with van der Waals surface area (Å²) in [5, 5.41) is 2.72. The number of rotatable bonds is 8. The Balaban J connectivity index is 1.29. The van der Waals surface area contributed by atoms with Gasteiger partial charge in [-0.15, -0.1) is 0 Å². The largest absolute Gasteiger partial charge is 0.457 e. The van der Waals surface area contributed by atoms with E-state index in [2.05, 4.69) is 33.8 Å². The zero-order chi connectivity index (χ0) is 31.4. The van der Waals surface area contributed by atoms with Crippen LogP contribution in [0.5, 0.6) is 5.75 Å². The van der Waals surface area contributed by atoms with Gasteiger partial charge in [0.2, 0.25) is 0 Å². The van der Waals surface area contributed by atoms with Crippen molar-refractivity contribution in [3.05, 3.63) is 82.6 Å². The number of carbonyl (C=O) groups is 1. The molecular formula is C33H39F3N6O2. The van der Waals surface area contributed by atoms with E-state index in [0.29, 0.717) is 30.3 Å². The maximum atomic E-state index is 14.1. The number of alkyl halides is 3. The summed E-state index contributed by atoms with van der Waals surface area (Å²) in [7, 11) is 0. The van der Waals surface area contributed by atoms with E-state index in [-0.39, 0.29) is 23.8 Å². The summed E-state index contributed by atoms with van der Waals surface area (Å²) in [5.41, 5.74) is 2.40. The number of hydrogen-bond acceptors (Lipinski definition) is 5. The second kappa shape index (κ2) is 13.3. The smallest absolute Gasteiger partial charge is 0.416 e. The van der Waals surface area contributed by atoms with Crippen LogP contribution < -0.4 is 10.1 Å². The van der Waals surface area contributed by atoms with Crippen LogP contribution in [-0.2, 0) is 19.1 Å². The molecule has 2 amide bonds. The summed E-state index contributed by atoms with van der Waals surface area (Å²) in [4.78, 5) is 26.4. The number of hydrogen-bond donors (Lipinski definition) is 2. The van der Waals surface area contributed by atoms with Crippen LogP contribution in [0.25, 0.3) is 5.76 Å². The summed E-state index contributed by atoms with van der Waals surface area (Å²) < 4.78 is 48.6. The van der Waals surface area contributed by atoms with Gasteiger partial charge >= 0.3 is 12.2 Å². The van der Waals surface area contributed by atoms with Gasteiger partial charge in [0.25, 0.3) is 0 Å². The molecule has 5 rings (SSSR count). The minimum Gasteiger partial charge on any atom is -0.457 e. The number of amides is 2. The monoisotopic (exact) mass is 608 g/mol. The predicted molar refractivity (Wildman–Crippen MR) is 167 cm³/mol. The molecule has 234 valence electrons. The lowest BCUT2D eigenvalue weighted by Crippen LogP contribution is -2.45. The number of ether oxygens (including phenoxy) is 1. The van der Waals surface area contributed by atoms with E-state index in [1.807, 2.05) is 49.1 Å². The Labute approximate surface area is 256 Å². The highest BCUT2D eigenvalue weighted by Gasteiger charge is 2.35. The van der Waals surface area contributed by atoms with Crippen LogP contribution >= 0.6 is 0 Å². The molecule has 2 aliphatic heterocycles. The molecule has 2 aromatic carbocycles. The first kappa shape index (κ1) is 31.3. The first-order valence-corrected chi connectivity index (χ1v) is 14.9. The number of fused-ring (bicyclic) bond motifs is 1. The predicted octanol–water partition coefficient (Wildman–Crippen LogP) is 7.09. The normalized spacial score (nSPS) is 18.2. The minimum absolute atomic E-state index is 0.118. The molecule has 1 atom stereocenters. The molecule has 0 unspecified atom stereocenters. The molecule has 1 aromatic heterocycles. The van der Waals surface area contributed by atoms with Crippen LogP contribution in [0.4, 0.5) is 29.5 Å². The van der Waals surface area contributed by atoms with Gasteiger partial charge in [-0.25, -0.2) is 9.79 Å². The van der Waals surface area contributed by atoms with Crippen LogP contribution in [0, 0.1) is 0 Å². The third-order valence-corrected chi connectivity index (χ3v) is 8.53. The average molecular weight is 609 g/mol. The van der Waals surface area contributed by atoms with Crippen LogP contribution in [0.2, 0.25) is 0 Å². The molecule has 0 radical (unpaired) electrons. The Bertz CT molecular complexity index is 1520. The van der Waals surface area contributed by atoms with Gasteiger partial charge in [0.05, 0.1) is 17.2 Å². The number of likely N-dealkylation sites (N-methyl/N-ethyl adjacent to an activating group) is 1. The lowest BCUT2D eigenvalue weighted by molar-refractivity contribution is -0.138. The molecule has 1 fully saturated rings. The maximum Gasteiger partial charge on any atom is 0.416 e. The Morgan fingerprint density at radius 1 is 1.11 bits per heavy atom. The minimum atomic E-state index is -4.54. The van der Waals surface area contributed by atoms with Crippen LogP contribution in [0.1, 0.15) is 54.6 Å². The van der Waals surface area contributed by atoms with Gasteiger partial charge in [-0.1, -0.05) is 19.1 Å². The number of benzene rings is 2. The van der Waals surface area contributed by atoms with Gasteiger partial charge in [-0.05, 0) is 86.6 Å². The molecule has 2 N–H and O–H groups in total. The fourth-order valence-electron chi connectivity index (χ4n) is 5.98. The van der Waals surface area contributed by atoms with E-state index >= 15 is 0 Å². The fourth-order valence-corrected chi connectivity index (χ4v) is 5.98. The highest BCUT2D eigenvalue weighted by Crippen LogP contribution is 2.37. The van der Waals surface area contributed by atoms with Crippen molar-refractivity contribution in [2.45, 2.75) is 46.0 Å². The molecule has 44 heavy (non-hydrogen) atoms. The molecule has 3 heterocycles. The molecule has 8 nitrogen and oxygen atoms in total. The quantitative estimate of drug-likeness (QED) is 0.211. The summed E-state index contributed by atoms with van der Waals surface area (Å²) >= 11 is 0. The van der Waals surface area contributed by atoms with Crippen LogP contribution in [0.3, 0.4) is 0 Å². The third kappa shape index (κ3) is 6.84. The molecule has 11 heteroatoms. The molecule has 2 aliphatic rings. The van der Waals surface area contributed by atoms with Crippen molar-refractivity contribution in [1.82, 2.24) is 19.7 Å². The van der Waals surface area contributed by atoms with Gasteiger partial charge in [-0.3, -0.25) is 4.90 Å². The highest BCUT2D eigenvalue weighted by atomic mass is 19.4. The maximum absolute atomic E-state index is 14.1. The summed E-state index contributed by atoms with van der Waals surface area (Å²) in [5.74, 6) is 1.81. The van der Waals surface area contributed by atoms with E-state index in [1.165, 1.54) is 6.07 Å². The second-order valence-corrected chi connectivity index (χ2v) is 11.1. The zero-order valence-electron chi connectivity index (χ0n) is 25.4. The van der Waals surface area contributed by atoms with Crippen molar-refractivity contribution >= 4 is 30.0 Å². The van der Waals surface area contributed by atoms with Crippen molar-refractivity contribution in [1.29, 1.82) is 0 Å². The van der Waals surface area contributed by atoms with Gasteiger partial charge in [0.1, 0.15) is 17.3 Å². The van der Waals surface area contributed by atoms with E-state index < -0.39 is 17.8 Å². The summed E-state index contributed by atoms with van der Waals surface area (Å²) in [6.45, 7) is 14.2. The Kier molecular flexibility index (Phi) is 9.45. The number of urea groups is 1. The molecule has 3 aromatic rings. The summed E-state index contributed by atoms with van der Waals surface area (Å²) in [6, 6.07) is 11.0. The van der Waals surface area contributed by atoms with Crippen LogP contribution in [-0.4, -0.2) is 71.7 Å². The number of aromatic amines is 1. The SMILES string of the molecule is C=Nc1[nH]ccc1/C(=C\C)Oc1ccc2c(c1)[C@H](C)N(C(=O)Nc1ccc(CN3CCN(CC)CC3)c(C(F)(F)F)c1)CC2. The van der Waals surface area contributed by atoms with E-state index in [1.54, 1.807) is 17.2 Å². The van der Waals surface area contributed by atoms with E-state index in [0.717, 1.165) is 55.5 Å². The lowest BCUT2D eigenvalue weighted by Gasteiger charge is -2.35. The topological polar surface area (TPSA) is 76.2 Å². The first-order valence-electron chi connectivity index (χ1n) is 14.9. The Morgan fingerprint density at radius 2 is 1.86 bits per heavy atom. The number of nitrogens with one attached hydrogen (secondary N) is 2. The highest BCUT2D eigenvalue weighted by molar-refractivity contribution is 5.90. The molecular weight excluding hydrogens is 569 g/mol. The average Bonchev–Trinajstić information content (AvgIpc) is 3.49. The fraction of sp³-hybridized carbons (Fsp3) is 0.394. The number of allylic oxidation sites excluding steroid dienone is 1. The van der Waals surface area contributed by atoms with E-state index in [4.69, 9.17) is 4.74 Å². The molecule has 0 saturated carbocycles. The van der Waals surface area contributed by atoms with Gasteiger partial charge < -0.3 is 24.8 Å². The molecule has 1 saturated heterocycles. The number of H-pyrrole nitrogens is 1. The zero-order valence-corrected chi connectivity index (χ0v) is 25.4. The number of nitrogens with zero attached hydrogens (tertiary/aromatic N) is 4. The number of halogens is 3. The second-order valence-electron chi connectivity index (χ2n) is 11.1. The van der Waals surface area contributed by atoms with Gasteiger partial charge in [-0.2, -0.15) is 13.2 Å². The number of anilines is 1. The van der Waals surface area contributed by atoms with Crippen molar-refractivity contribution in [2.24, 2.45) is 4.99 Å². The Hall–Kier alpha value is -4.09. The number of aromatic nitrogens is 1. The Morgan fingerprint density at radius 3 is 2.55 bits per heavy atom. The van der Waals surface area contributed by atoms with Crippen molar-refractivity contribution < 1.29 is 22.7 Å². The number of piperazine rings is 1. The summed E-state index contributed by atoms with van der Waals surface area (Å²) in [6.07, 6.45) is -0.321. The van der Waals surface area contributed by atoms with Gasteiger partial charge in [0, 0.05) is 51.2 Å². The van der Waals surface area contributed by atoms with Crippen molar-refractivity contribution in [3.8, 4) is 5.75 Å². The third-order valence-electron chi connectivity index (χ3n) is 8.53. The van der Waals surface area contributed by atoms with Crippen molar-refractivity contribution in [3.63, 3.8) is 0 Å². The standard InChI is InChI=1S/C33H39F3N6O2/c1-5-30(27-11-13-38-31(27)37-4)44-26-10-8-23-12-14-42(22(3)28(23)20-26)32(43)39-25-9-7-24(29(19-25)33(34,35)36)21-41-17-15-40(6-2)16-18-41/h5,7-11,13,19-20,22,38H,4,6,12,14-18,21H2,1-3H3,(H,39,43)/b30-5+/t22-/m0/s1.